The molecule has 0 bridgehead atoms. The van der Waals surface area contributed by atoms with E-state index in [1.807, 2.05) is 0 Å². The third-order valence-electron chi connectivity index (χ3n) is 3.88. The lowest BCUT2D eigenvalue weighted by atomic mass is 10.1. The largest absolute Gasteiger partial charge is 0.496 e. The number of hydrogen-bond acceptors (Lipinski definition) is 6. The number of carbonyl (C=O) groups excluding carboxylic acids is 3. The standard InChI is InChI=1S/C17H12N2O6/c1-25-14-8-3-2-5-10(14)13(20)9-18-16(21)11-6-4-7-12(19(23)24)15(11)17(18)22/h2-8H,9H2,1H3. The van der Waals surface area contributed by atoms with E-state index in [0.29, 0.717) is 10.6 Å². The molecule has 0 radical (unpaired) electrons. The zero-order chi connectivity index (χ0) is 18.1. The number of nitro groups is 1. The van der Waals surface area contributed by atoms with Crippen LogP contribution in [0.3, 0.4) is 0 Å². The highest BCUT2D eigenvalue weighted by Crippen LogP contribution is 2.31. The second-order valence-corrected chi connectivity index (χ2v) is 5.28. The van der Waals surface area contributed by atoms with Crippen LogP contribution in [0.15, 0.2) is 42.5 Å². The van der Waals surface area contributed by atoms with Crippen molar-refractivity contribution in [2.24, 2.45) is 0 Å². The lowest BCUT2D eigenvalue weighted by Gasteiger charge is -2.14. The molecular formula is C17H12N2O6. The first-order chi connectivity index (χ1) is 12.0. The van der Waals surface area contributed by atoms with Gasteiger partial charge in [-0.3, -0.25) is 29.4 Å². The van der Waals surface area contributed by atoms with Crippen LogP contribution in [0, 0.1) is 10.1 Å². The Morgan fingerprint density at radius 1 is 1.12 bits per heavy atom. The number of nitrogens with zero attached hydrogens (tertiary/aromatic N) is 2. The highest BCUT2D eigenvalue weighted by molar-refractivity contribution is 6.24. The molecule has 126 valence electrons. The number of Topliss-reactive ketones (excluding diaryl/α,β-unsaturated/α-hetero) is 1. The average Bonchev–Trinajstić information content (AvgIpc) is 2.86. The molecule has 0 spiro atoms. The molecule has 8 nitrogen and oxygen atoms in total. The van der Waals surface area contributed by atoms with Crippen molar-refractivity contribution in [1.29, 1.82) is 0 Å². The van der Waals surface area contributed by atoms with Crippen LogP contribution < -0.4 is 4.74 Å². The molecule has 1 heterocycles. The maximum absolute atomic E-state index is 12.5. The first kappa shape index (κ1) is 16.3. The maximum Gasteiger partial charge on any atom is 0.282 e. The zero-order valence-corrected chi connectivity index (χ0v) is 13.1. The summed E-state index contributed by atoms with van der Waals surface area (Å²) in [7, 11) is 1.40. The Balaban J connectivity index is 1.94. The van der Waals surface area contributed by atoms with Crippen molar-refractivity contribution in [2.45, 2.75) is 0 Å². The first-order valence-corrected chi connectivity index (χ1v) is 7.25. The number of ketones is 1. The van der Waals surface area contributed by atoms with Gasteiger partial charge in [0.05, 0.1) is 29.7 Å². The summed E-state index contributed by atoms with van der Waals surface area (Å²) in [5, 5.41) is 11.1. The Labute approximate surface area is 141 Å². The van der Waals surface area contributed by atoms with E-state index in [1.54, 1.807) is 18.2 Å². The van der Waals surface area contributed by atoms with Gasteiger partial charge in [-0.25, -0.2) is 0 Å². The molecular weight excluding hydrogens is 328 g/mol. The fourth-order valence-electron chi connectivity index (χ4n) is 2.72. The second-order valence-electron chi connectivity index (χ2n) is 5.28. The quantitative estimate of drug-likeness (QED) is 0.357. The van der Waals surface area contributed by atoms with Crippen molar-refractivity contribution in [3.05, 3.63) is 69.3 Å². The number of imide groups is 1. The van der Waals surface area contributed by atoms with E-state index in [1.165, 1.54) is 25.3 Å². The maximum atomic E-state index is 12.5. The van der Waals surface area contributed by atoms with Gasteiger partial charge in [-0.15, -0.1) is 0 Å². The fraction of sp³-hybridized carbons (Fsp3) is 0.118. The fourth-order valence-corrected chi connectivity index (χ4v) is 2.72. The van der Waals surface area contributed by atoms with E-state index in [-0.39, 0.29) is 16.7 Å². The molecule has 25 heavy (non-hydrogen) atoms. The SMILES string of the molecule is COc1ccccc1C(=O)CN1C(=O)c2cccc([N+](=O)[O-])c2C1=O. The summed E-state index contributed by atoms with van der Waals surface area (Å²) < 4.78 is 5.10. The van der Waals surface area contributed by atoms with E-state index < -0.39 is 34.8 Å². The predicted molar refractivity (Wildman–Crippen MR) is 85.8 cm³/mol. The smallest absolute Gasteiger partial charge is 0.282 e. The molecule has 0 aliphatic carbocycles. The van der Waals surface area contributed by atoms with E-state index in [0.717, 1.165) is 6.07 Å². The van der Waals surface area contributed by atoms with Gasteiger partial charge in [-0.1, -0.05) is 18.2 Å². The minimum atomic E-state index is -0.851. The van der Waals surface area contributed by atoms with E-state index in [4.69, 9.17) is 4.74 Å². The van der Waals surface area contributed by atoms with Gasteiger partial charge in [-0.05, 0) is 18.2 Å². The van der Waals surface area contributed by atoms with Crippen LogP contribution in [-0.4, -0.2) is 41.1 Å². The lowest BCUT2D eigenvalue weighted by molar-refractivity contribution is -0.385. The molecule has 2 aromatic carbocycles. The third-order valence-corrected chi connectivity index (χ3v) is 3.88. The number of para-hydroxylation sites is 1. The van der Waals surface area contributed by atoms with E-state index >= 15 is 0 Å². The van der Waals surface area contributed by atoms with Gasteiger partial charge in [0.2, 0.25) is 0 Å². The number of carbonyl (C=O) groups is 3. The Kier molecular flexibility index (Phi) is 4.02. The number of nitro benzene ring substituents is 1. The number of hydrogen-bond donors (Lipinski definition) is 0. The van der Waals surface area contributed by atoms with Gasteiger partial charge in [0, 0.05) is 6.07 Å². The molecule has 0 fully saturated rings. The number of benzene rings is 2. The number of rotatable bonds is 5. The Morgan fingerprint density at radius 3 is 2.52 bits per heavy atom. The first-order valence-electron chi connectivity index (χ1n) is 7.25. The van der Waals surface area contributed by atoms with E-state index in [2.05, 4.69) is 0 Å². The van der Waals surface area contributed by atoms with Crippen LogP contribution in [0.5, 0.6) is 5.75 Å². The van der Waals surface area contributed by atoms with Crippen molar-refractivity contribution in [2.75, 3.05) is 13.7 Å². The Hall–Kier alpha value is -3.55. The molecule has 1 aliphatic heterocycles. The average molecular weight is 340 g/mol. The topological polar surface area (TPSA) is 107 Å². The van der Waals surface area contributed by atoms with Crippen LogP contribution >= 0.6 is 0 Å². The van der Waals surface area contributed by atoms with Gasteiger partial charge in [-0.2, -0.15) is 0 Å². The zero-order valence-electron chi connectivity index (χ0n) is 13.1. The third kappa shape index (κ3) is 2.63. The summed E-state index contributed by atoms with van der Waals surface area (Å²) in [5.41, 5.74) is -0.600. The summed E-state index contributed by atoms with van der Waals surface area (Å²) in [6, 6.07) is 10.2. The number of fused-ring (bicyclic) bond motifs is 1. The second kappa shape index (κ2) is 6.16. The number of ether oxygens (including phenoxy) is 1. The molecule has 2 aromatic rings. The predicted octanol–water partition coefficient (Wildman–Crippen LogP) is 2.08. The van der Waals surface area contributed by atoms with Crippen molar-refractivity contribution in [1.82, 2.24) is 4.90 Å². The highest BCUT2D eigenvalue weighted by atomic mass is 16.6. The molecule has 3 rings (SSSR count). The Morgan fingerprint density at radius 2 is 1.84 bits per heavy atom. The minimum absolute atomic E-state index is 0.0768. The van der Waals surface area contributed by atoms with Gasteiger partial charge in [0.25, 0.3) is 17.5 Å². The molecule has 1 aliphatic rings. The molecule has 8 heteroatoms. The van der Waals surface area contributed by atoms with Crippen molar-refractivity contribution in [3.63, 3.8) is 0 Å². The molecule has 0 unspecified atom stereocenters. The summed E-state index contributed by atoms with van der Waals surface area (Å²) in [6.07, 6.45) is 0. The van der Waals surface area contributed by atoms with Crippen molar-refractivity contribution < 1.29 is 24.0 Å². The minimum Gasteiger partial charge on any atom is -0.496 e. The summed E-state index contributed by atoms with van der Waals surface area (Å²) >= 11 is 0. The van der Waals surface area contributed by atoms with Crippen LogP contribution in [0.1, 0.15) is 31.1 Å². The van der Waals surface area contributed by atoms with Crippen molar-refractivity contribution in [3.8, 4) is 5.75 Å². The van der Waals surface area contributed by atoms with E-state index in [9.17, 15) is 24.5 Å². The van der Waals surface area contributed by atoms with Gasteiger partial charge < -0.3 is 4.74 Å². The van der Waals surface area contributed by atoms with Crippen LogP contribution in [-0.2, 0) is 0 Å². The van der Waals surface area contributed by atoms with Gasteiger partial charge in [0.15, 0.2) is 5.78 Å². The summed E-state index contributed by atoms with van der Waals surface area (Å²) in [4.78, 5) is 48.4. The number of amides is 2. The summed E-state index contributed by atoms with van der Waals surface area (Å²) in [6.45, 7) is -0.524. The molecule has 0 atom stereocenters. The number of methoxy groups -OCH3 is 1. The lowest BCUT2D eigenvalue weighted by Crippen LogP contribution is -2.35. The van der Waals surface area contributed by atoms with Crippen molar-refractivity contribution >= 4 is 23.3 Å². The monoisotopic (exact) mass is 340 g/mol. The molecule has 0 saturated heterocycles. The molecule has 0 N–H and O–H groups in total. The van der Waals surface area contributed by atoms with Gasteiger partial charge >= 0.3 is 0 Å². The Bertz CT molecular complexity index is 921. The molecule has 2 amide bonds. The van der Waals surface area contributed by atoms with Crippen LogP contribution in [0.2, 0.25) is 0 Å². The van der Waals surface area contributed by atoms with Crippen LogP contribution in [0.4, 0.5) is 5.69 Å². The normalized spacial score (nSPS) is 12.9. The van der Waals surface area contributed by atoms with Gasteiger partial charge in [0.1, 0.15) is 11.3 Å². The highest BCUT2D eigenvalue weighted by Gasteiger charge is 2.41. The molecule has 0 saturated carbocycles. The summed E-state index contributed by atoms with van der Waals surface area (Å²) in [5.74, 6) is -1.77. The van der Waals surface area contributed by atoms with Crippen LogP contribution in [0.25, 0.3) is 0 Å². The molecule has 0 aromatic heterocycles.